The largest absolute Gasteiger partial charge is 0.508 e. The second kappa shape index (κ2) is 11.0. The monoisotopic (exact) mass is 788 g/mol. The molecule has 2 saturated heterocycles. The van der Waals surface area contributed by atoms with Crippen molar-refractivity contribution in [3.05, 3.63) is 98.3 Å². The molecular formula is C32H17BrCl3F5N2O5. The Morgan fingerprint density at radius 3 is 2.02 bits per heavy atom. The highest BCUT2D eigenvalue weighted by atomic mass is 79.9. The summed E-state index contributed by atoms with van der Waals surface area (Å²) < 4.78 is 73.7. The van der Waals surface area contributed by atoms with Crippen LogP contribution in [0.5, 0.6) is 5.75 Å². The molecule has 3 aromatic carbocycles. The molecule has 2 aliphatic heterocycles. The first kappa shape index (κ1) is 33.0. The highest BCUT2D eigenvalue weighted by molar-refractivity contribution is 9.10. The van der Waals surface area contributed by atoms with E-state index in [0.717, 1.165) is 11.0 Å². The van der Waals surface area contributed by atoms with Crippen LogP contribution in [0.1, 0.15) is 24.3 Å². The molecule has 16 heteroatoms. The number of amides is 4. The number of halogens is 9. The Bertz CT molecular complexity index is 2020. The van der Waals surface area contributed by atoms with Gasteiger partial charge in [0.05, 0.1) is 17.5 Å². The zero-order chi connectivity index (χ0) is 34.8. The number of imide groups is 2. The van der Waals surface area contributed by atoms with E-state index in [1.54, 1.807) is 12.1 Å². The van der Waals surface area contributed by atoms with E-state index in [1.807, 2.05) is 0 Å². The van der Waals surface area contributed by atoms with Crippen LogP contribution in [0.15, 0.2) is 58.6 Å². The Kier molecular flexibility index (Phi) is 7.56. The fraction of sp³-hybridized carbons (Fsp3) is 0.250. The molecule has 4 amide bonds. The summed E-state index contributed by atoms with van der Waals surface area (Å²) in [6.45, 7) is 0. The highest BCUT2D eigenvalue weighted by Crippen LogP contribution is 2.67. The predicted molar refractivity (Wildman–Crippen MR) is 166 cm³/mol. The van der Waals surface area contributed by atoms with Gasteiger partial charge in [-0.05, 0) is 61.2 Å². The van der Waals surface area contributed by atoms with Crippen molar-refractivity contribution in [3.63, 3.8) is 0 Å². The molecule has 3 fully saturated rings. The van der Waals surface area contributed by atoms with Gasteiger partial charge in [0, 0.05) is 21.0 Å². The predicted octanol–water partition coefficient (Wildman–Crippen LogP) is 7.27. The van der Waals surface area contributed by atoms with Crippen LogP contribution in [0.25, 0.3) is 0 Å². The van der Waals surface area contributed by atoms with E-state index in [4.69, 9.17) is 34.8 Å². The van der Waals surface area contributed by atoms with Gasteiger partial charge in [-0.3, -0.25) is 24.1 Å². The summed E-state index contributed by atoms with van der Waals surface area (Å²) in [5, 5.41) is 11.0. The van der Waals surface area contributed by atoms with Crippen molar-refractivity contribution in [1.29, 1.82) is 0 Å². The van der Waals surface area contributed by atoms with Crippen molar-refractivity contribution >= 4 is 85.7 Å². The van der Waals surface area contributed by atoms with Gasteiger partial charge in [0.25, 0.3) is 11.8 Å². The topological polar surface area (TPSA) is 95.0 Å². The quantitative estimate of drug-likeness (QED) is 0.0753. The van der Waals surface area contributed by atoms with E-state index in [1.165, 1.54) is 30.3 Å². The molecule has 2 heterocycles. The number of rotatable bonds is 3. The minimum atomic E-state index is -2.78. The number of benzene rings is 3. The first-order chi connectivity index (χ1) is 22.6. The van der Waals surface area contributed by atoms with E-state index >= 15 is 8.78 Å². The molecule has 0 radical (unpaired) electrons. The molecule has 1 N–H and O–H groups in total. The number of anilines is 2. The van der Waals surface area contributed by atoms with Crippen molar-refractivity contribution in [2.24, 2.45) is 17.8 Å². The summed E-state index contributed by atoms with van der Waals surface area (Å²) in [7, 11) is 0. The standard InChI is InChI=1S/C32H17BrCl3F5N2O5/c33-11-1-4-13(5-2-11)42-27(45)15-7-6-14-17(19(15)28(42)46)10-31(35)29(47)43(26-24(40)22(38)21(37)23(39)25(26)41)30(48)32(31,36)20(14)16-9-12(34)3-8-18(16)44/h1-6,8-9,15,17,19-20,44H,7,10H2. The van der Waals surface area contributed by atoms with Crippen LogP contribution in [0.4, 0.5) is 33.3 Å². The molecular weight excluding hydrogens is 774 g/mol. The number of nitrogens with zero attached hydrogens (tertiary/aromatic N) is 2. The van der Waals surface area contributed by atoms with Gasteiger partial charge in [0.2, 0.25) is 17.6 Å². The maximum absolute atomic E-state index is 15.1. The molecule has 2 aliphatic carbocycles. The Morgan fingerprint density at radius 2 is 1.40 bits per heavy atom. The number of allylic oxidation sites excluding steroid dienone is 2. The molecule has 0 bridgehead atoms. The van der Waals surface area contributed by atoms with E-state index < -0.39 is 104 Å². The number of phenolic OH excluding ortho intramolecular Hbond substituents is 1. The lowest BCUT2D eigenvalue weighted by atomic mass is 9.56. The number of carbonyl (C=O) groups excluding carboxylic acids is 4. The average Bonchev–Trinajstić information content (AvgIpc) is 3.39. The smallest absolute Gasteiger partial charge is 0.258 e. The molecule has 0 spiro atoms. The van der Waals surface area contributed by atoms with Gasteiger partial charge in [0.15, 0.2) is 33.0 Å². The summed E-state index contributed by atoms with van der Waals surface area (Å²) in [6, 6.07) is 9.94. The van der Waals surface area contributed by atoms with Crippen LogP contribution < -0.4 is 9.80 Å². The molecule has 7 nitrogen and oxygen atoms in total. The zero-order valence-electron chi connectivity index (χ0n) is 23.7. The van der Waals surface area contributed by atoms with Crippen molar-refractivity contribution in [2.45, 2.75) is 28.5 Å². The van der Waals surface area contributed by atoms with Gasteiger partial charge < -0.3 is 5.11 Å². The Hall–Kier alpha value is -3.52. The summed E-state index contributed by atoms with van der Waals surface area (Å²) in [5.41, 5.74) is -1.65. The van der Waals surface area contributed by atoms with Gasteiger partial charge >= 0.3 is 0 Å². The molecule has 4 aliphatic rings. The second-order valence-electron chi connectivity index (χ2n) is 11.9. The van der Waals surface area contributed by atoms with Crippen molar-refractivity contribution in [1.82, 2.24) is 0 Å². The number of aromatic hydroxyl groups is 1. The van der Waals surface area contributed by atoms with Gasteiger partial charge in [-0.25, -0.2) is 26.9 Å². The molecule has 1 saturated carbocycles. The third-order valence-corrected chi connectivity index (χ3v) is 11.8. The summed E-state index contributed by atoms with van der Waals surface area (Å²) in [4.78, 5) is 51.5. The van der Waals surface area contributed by atoms with E-state index in [9.17, 15) is 37.5 Å². The van der Waals surface area contributed by atoms with Crippen molar-refractivity contribution in [3.8, 4) is 5.75 Å². The Balaban J connectivity index is 1.44. The molecule has 6 atom stereocenters. The zero-order valence-corrected chi connectivity index (χ0v) is 27.6. The van der Waals surface area contributed by atoms with Gasteiger partial charge in [-0.15, -0.1) is 23.2 Å². The number of hydrogen-bond donors (Lipinski definition) is 1. The highest BCUT2D eigenvalue weighted by Gasteiger charge is 2.77. The normalized spacial score (nSPS) is 29.6. The second-order valence-corrected chi connectivity index (χ2v) is 14.5. The first-order valence-corrected chi connectivity index (χ1v) is 16.1. The number of carbonyl (C=O) groups is 4. The van der Waals surface area contributed by atoms with Crippen LogP contribution in [-0.2, 0) is 19.2 Å². The van der Waals surface area contributed by atoms with Crippen LogP contribution in [-0.4, -0.2) is 38.5 Å². The lowest BCUT2D eigenvalue weighted by Crippen LogP contribution is -2.60. The SMILES string of the molecule is O=C1C2CC=C3C(CC4(Cl)C(=O)N(c5c(F)c(F)c(F)c(F)c5F)C(=O)C4(Cl)C3c3cc(Cl)ccc3O)C2C(=O)N1c1ccc(Br)cc1. The third kappa shape index (κ3) is 4.16. The van der Waals surface area contributed by atoms with Crippen LogP contribution in [0.2, 0.25) is 5.02 Å². The van der Waals surface area contributed by atoms with Crippen LogP contribution in [0, 0.1) is 46.8 Å². The third-order valence-electron chi connectivity index (χ3n) is 9.61. The molecule has 7 rings (SSSR count). The van der Waals surface area contributed by atoms with E-state index in [-0.39, 0.29) is 33.2 Å². The lowest BCUT2D eigenvalue weighted by Gasteiger charge is -2.50. The maximum Gasteiger partial charge on any atom is 0.258 e. The van der Waals surface area contributed by atoms with Crippen LogP contribution >= 0.6 is 50.7 Å². The first-order valence-electron chi connectivity index (χ1n) is 14.2. The fourth-order valence-corrected chi connectivity index (χ4v) is 8.89. The Morgan fingerprint density at radius 1 is 0.792 bits per heavy atom. The number of hydrogen-bond acceptors (Lipinski definition) is 5. The summed E-state index contributed by atoms with van der Waals surface area (Å²) >= 11 is 23.7. The number of alkyl halides is 2. The molecule has 0 aromatic heterocycles. The van der Waals surface area contributed by atoms with Gasteiger partial charge in [-0.2, -0.15) is 0 Å². The fourth-order valence-electron chi connectivity index (χ4n) is 7.51. The minimum Gasteiger partial charge on any atom is -0.508 e. The van der Waals surface area contributed by atoms with Crippen molar-refractivity contribution < 1.29 is 46.2 Å². The molecule has 3 aromatic rings. The Labute approximate surface area is 291 Å². The molecule has 248 valence electrons. The number of phenols is 1. The van der Waals surface area contributed by atoms with Gasteiger partial charge in [-0.1, -0.05) is 39.2 Å². The average molecular weight is 791 g/mol. The summed E-state index contributed by atoms with van der Waals surface area (Å²) in [6.07, 6.45) is 0.788. The van der Waals surface area contributed by atoms with Gasteiger partial charge in [0.1, 0.15) is 11.4 Å². The van der Waals surface area contributed by atoms with E-state index in [2.05, 4.69) is 15.9 Å². The molecule has 48 heavy (non-hydrogen) atoms. The maximum atomic E-state index is 15.1. The van der Waals surface area contributed by atoms with E-state index in [0.29, 0.717) is 4.47 Å². The lowest BCUT2D eigenvalue weighted by molar-refractivity contribution is -0.125. The number of fused-ring (bicyclic) bond motifs is 4. The summed E-state index contributed by atoms with van der Waals surface area (Å²) in [5.74, 6) is -22.4. The van der Waals surface area contributed by atoms with Crippen LogP contribution in [0.3, 0.4) is 0 Å². The molecule has 6 unspecified atom stereocenters. The minimum absolute atomic E-state index is 0.0153. The van der Waals surface area contributed by atoms with Crippen molar-refractivity contribution in [2.75, 3.05) is 9.80 Å².